The average Bonchev–Trinajstić information content (AvgIpc) is 2.78. The Morgan fingerprint density at radius 1 is 0.500 bits per heavy atom. The maximum atomic E-state index is 12.2. The molecule has 210 valence electrons. The minimum Gasteiger partial charge on any atom is -0.466 e. The van der Waals surface area contributed by atoms with Crippen LogP contribution in [-0.2, 0) is 38.1 Å². The van der Waals surface area contributed by atoms with E-state index in [-0.39, 0.29) is 37.2 Å². The number of ether oxygens (including phenoxy) is 4. The summed E-state index contributed by atoms with van der Waals surface area (Å²) >= 11 is 0. The van der Waals surface area contributed by atoms with Gasteiger partial charge in [0.15, 0.2) is 0 Å². The van der Waals surface area contributed by atoms with Gasteiger partial charge in [0.1, 0.15) is 11.2 Å². The molecule has 0 aromatic rings. The molecular formula is C28H50O8. The molecule has 0 radical (unpaired) electrons. The van der Waals surface area contributed by atoms with E-state index >= 15 is 0 Å². The van der Waals surface area contributed by atoms with E-state index in [4.69, 9.17) is 18.9 Å². The summed E-state index contributed by atoms with van der Waals surface area (Å²) in [6.45, 7) is 12.4. The van der Waals surface area contributed by atoms with Crippen LogP contribution in [0.2, 0.25) is 0 Å². The van der Waals surface area contributed by atoms with E-state index in [1.807, 2.05) is 41.5 Å². The Hall–Kier alpha value is -2.12. The topological polar surface area (TPSA) is 105 Å². The highest BCUT2D eigenvalue weighted by molar-refractivity contribution is 5.77. The molecule has 36 heavy (non-hydrogen) atoms. The van der Waals surface area contributed by atoms with Gasteiger partial charge in [0.25, 0.3) is 0 Å². The molecule has 0 rings (SSSR count). The summed E-state index contributed by atoms with van der Waals surface area (Å²) in [5.74, 6) is -1.26. The van der Waals surface area contributed by atoms with Gasteiger partial charge in [0.2, 0.25) is 0 Å². The second-order valence-electron chi connectivity index (χ2n) is 10.5. The van der Waals surface area contributed by atoms with Gasteiger partial charge in [-0.15, -0.1) is 0 Å². The normalized spacial score (nSPS) is 11.6. The molecule has 0 spiro atoms. The van der Waals surface area contributed by atoms with Crippen LogP contribution in [0.1, 0.15) is 131 Å². The van der Waals surface area contributed by atoms with Crippen LogP contribution < -0.4 is 0 Å². The molecular weight excluding hydrogens is 464 g/mol. The lowest BCUT2D eigenvalue weighted by Crippen LogP contribution is -2.30. The number of carbonyl (C=O) groups excluding carboxylic acids is 4. The fraction of sp³-hybridized carbons (Fsp3) is 0.857. The standard InChI is InChI=1S/C28H50O8/c1-7-9-21-33-23(29)15-11-12-16-25(31)35-27(3,4)19-13-14-20-28(5,6)36-26(32)18-17-24(30)34-22-10-8-2/h7-22H2,1-6H3. The first-order chi connectivity index (χ1) is 16.9. The molecule has 0 amide bonds. The lowest BCUT2D eigenvalue weighted by molar-refractivity contribution is -0.160. The molecule has 0 aromatic carbocycles. The monoisotopic (exact) mass is 514 g/mol. The molecule has 0 saturated carbocycles. The number of esters is 4. The molecule has 0 aliphatic carbocycles. The minimum atomic E-state index is -0.637. The molecule has 0 aromatic heterocycles. The van der Waals surface area contributed by atoms with Crippen molar-refractivity contribution in [2.45, 2.75) is 143 Å². The predicted molar refractivity (Wildman–Crippen MR) is 138 cm³/mol. The Labute approximate surface area is 218 Å². The fourth-order valence-electron chi connectivity index (χ4n) is 3.47. The zero-order valence-corrected chi connectivity index (χ0v) is 23.6. The molecule has 0 atom stereocenters. The second kappa shape index (κ2) is 19.1. The quantitative estimate of drug-likeness (QED) is 0.101. The van der Waals surface area contributed by atoms with Crippen LogP contribution in [0.15, 0.2) is 0 Å². The SMILES string of the molecule is CCCCOC(=O)CCCCC(=O)OC(C)(C)CCCCC(C)(C)OC(=O)CCC(=O)OCCCC. The van der Waals surface area contributed by atoms with Gasteiger partial charge < -0.3 is 18.9 Å². The minimum absolute atomic E-state index is 0.0113. The summed E-state index contributed by atoms with van der Waals surface area (Å²) in [5.41, 5.74) is -1.23. The maximum absolute atomic E-state index is 12.2. The summed E-state index contributed by atoms with van der Waals surface area (Å²) < 4.78 is 21.3. The molecule has 0 aliphatic rings. The van der Waals surface area contributed by atoms with Crippen molar-refractivity contribution in [2.75, 3.05) is 13.2 Å². The Morgan fingerprint density at radius 2 is 0.861 bits per heavy atom. The number of unbranched alkanes of at least 4 members (excludes halogenated alkanes) is 4. The van der Waals surface area contributed by atoms with Crippen molar-refractivity contribution in [1.29, 1.82) is 0 Å². The largest absolute Gasteiger partial charge is 0.466 e. The summed E-state index contributed by atoms with van der Waals surface area (Å²) in [4.78, 5) is 47.5. The van der Waals surface area contributed by atoms with Crippen LogP contribution in [0.4, 0.5) is 0 Å². The fourth-order valence-corrected chi connectivity index (χ4v) is 3.47. The van der Waals surface area contributed by atoms with E-state index in [1.54, 1.807) is 0 Å². The number of hydrogen-bond donors (Lipinski definition) is 0. The zero-order chi connectivity index (χ0) is 27.5. The van der Waals surface area contributed by atoms with Gasteiger partial charge >= 0.3 is 23.9 Å². The average molecular weight is 515 g/mol. The molecule has 0 heterocycles. The smallest absolute Gasteiger partial charge is 0.306 e. The molecule has 0 saturated heterocycles. The van der Waals surface area contributed by atoms with Gasteiger partial charge in [-0.25, -0.2) is 0 Å². The van der Waals surface area contributed by atoms with Crippen molar-refractivity contribution < 1.29 is 38.1 Å². The van der Waals surface area contributed by atoms with Gasteiger partial charge in [-0.2, -0.15) is 0 Å². The van der Waals surface area contributed by atoms with Crippen LogP contribution >= 0.6 is 0 Å². The number of rotatable bonds is 21. The molecule has 0 unspecified atom stereocenters. The molecule has 0 aliphatic heterocycles. The van der Waals surface area contributed by atoms with Crippen LogP contribution in [0.25, 0.3) is 0 Å². The highest BCUT2D eigenvalue weighted by Gasteiger charge is 2.25. The highest BCUT2D eigenvalue weighted by Crippen LogP contribution is 2.24. The van der Waals surface area contributed by atoms with E-state index in [1.165, 1.54) is 0 Å². The second-order valence-corrected chi connectivity index (χ2v) is 10.5. The third-order valence-corrected chi connectivity index (χ3v) is 5.65. The van der Waals surface area contributed by atoms with E-state index in [0.29, 0.717) is 45.3 Å². The Bertz CT molecular complexity index is 654. The molecule has 8 nitrogen and oxygen atoms in total. The van der Waals surface area contributed by atoms with E-state index < -0.39 is 17.2 Å². The lowest BCUT2D eigenvalue weighted by Gasteiger charge is -2.27. The third-order valence-electron chi connectivity index (χ3n) is 5.65. The summed E-state index contributed by atoms with van der Waals surface area (Å²) in [6.07, 6.45) is 8.43. The number of hydrogen-bond acceptors (Lipinski definition) is 8. The number of carbonyl (C=O) groups is 4. The van der Waals surface area contributed by atoms with Crippen LogP contribution in [-0.4, -0.2) is 48.3 Å². The van der Waals surface area contributed by atoms with Crippen molar-refractivity contribution in [3.63, 3.8) is 0 Å². The Morgan fingerprint density at radius 3 is 1.31 bits per heavy atom. The third kappa shape index (κ3) is 20.1. The Kier molecular flexibility index (Phi) is 17.9. The van der Waals surface area contributed by atoms with Crippen molar-refractivity contribution >= 4 is 23.9 Å². The summed E-state index contributed by atoms with van der Waals surface area (Å²) in [6, 6.07) is 0. The molecule has 0 fully saturated rings. The summed E-state index contributed by atoms with van der Waals surface area (Å²) in [7, 11) is 0. The lowest BCUT2D eigenvalue weighted by atomic mass is 9.95. The molecule has 0 bridgehead atoms. The van der Waals surface area contributed by atoms with Crippen molar-refractivity contribution in [1.82, 2.24) is 0 Å². The predicted octanol–water partition coefficient (Wildman–Crippen LogP) is 6.22. The van der Waals surface area contributed by atoms with Gasteiger partial charge in [-0.1, -0.05) is 26.7 Å². The van der Waals surface area contributed by atoms with Crippen LogP contribution in [0.5, 0.6) is 0 Å². The first-order valence-electron chi connectivity index (χ1n) is 13.7. The van der Waals surface area contributed by atoms with Crippen LogP contribution in [0.3, 0.4) is 0 Å². The van der Waals surface area contributed by atoms with Gasteiger partial charge in [-0.3, -0.25) is 19.2 Å². The van der Waals surface area contributed by atoms with Crippen molar-refractivity contribution in [2.24, 2.45) is 0 Å². The Balaban J connectivity index is 4.06. The first kappa shape index (κ1) is 33.9. The van der Waals surface area contributed by atoms with Gasteiger partial charge in [0.05, 0.1) is 26.1 Å². The van der Waals surface area contributed by atoms with E-state index in [9.17, 15) is 19.2 Å². The zero-order valence-electron chi connectivity index (χ0n) is 23.6. The van der Waals surface area contributed by atoms with Crippen molar-refractivity contribution in [3.05, 3.63) is 0 Å². The van der Waals surface area contributed by atoms with E-state index in [0.717, 1.165) is 38.5 Å². The summed E-state index contributed by atoms with van der Waals surface area (Å²) in [5, 5.41) is 0. The maximum Gasteiger partial charge on any atom is 0.306 e. The van der Waals surface area contributed by atoms with E-state index in [2.05, 4.69) is 0 Å². The molecule has 8 heteroatoms. The van der Waals surface area contributed by atoms with Gasteiger partial charge in [-0.05, 0) is 79.1 Å². The van der Waals surface area contributed by atoms with Crippen LogP contribution in [0, 0.1) is 0 Å². The molecule has 0 N–H and O–H groups in total. The first-order valence-corrected chi connectivity index (χ1v) is 13.7. The van der Waals surface area contributed by atoms with Crippen molar-refractivity contribution in [3.8, 4) is 0 Å². The van der Waals surface area contributed by atoms with Gasteiger partial charge in [0, 0.05) is 12.8 Å². The highest BCUT2D eigenvalue weighted by atomic mass is 16.6.